The maximum absolute atomic E-state index is 12.2. The minimum atomic E-state index is -2.54. The summed E-state index contributed by atoms with van der Waals surface area (Å²) in [5, 5.41) is 12.2. The summed E-state index contributed by atoms with van der Waals surface area (Å²) in [6.07, 6.45) is 1.89. The molecule has 9 aromatic rings. The van der Waals surface area contributed by atoms with Gasteiger partial charge in [0, 0.05) is 21.4 Å². The van der Waals surface area contributed by atoms with Gasteiger partial charge in [0.25, 0.3) is 0 Å². The molecule has 0 bridgehead atoms. The zero-order valence-corrected chi connectivity index (χ0v) is 43.3. The number of phenols is 1. The van der Waals surface area contributed by atoms with Crippen molar-refractivity contribution in [3.05, 3.63) is 191 Å². The summed E-state index contributed by atoms with van der Waals surface area (Å²) in [7, 11) is 0. The van der Waals surface area contributed by atoms with Gasteiger partial charge in [-0.3, -0.25) is 9.55 Å². The first-order chi connectivity index (χ1) is 34.2. The van der Waals surface area contributed by atoms with Gasteiger partial charge in [-0.15, -0.1) is 0 Å². The fraction of sp³-hybridized carbons (Fsp3) is 0.273. The molecule has 0 radical (unpaired) electrons. The topological polar surface area (TPSA) is 50.9 Å². The normalized spacial score (nSPS) is 13.3. The molecule has 0 amide bonds. The number of para-hydroxylation sites is 1. The van der Waals surface area contributed by atoms with Gasteiger partial charge in [-0.05, 0) is 156 Å². The molecule has 0 aliphatic carbocycles. The van der Waals surface area contributed by atoms with Crippen LogP contribution >= 0.6 is 0 Å². The third kappa shape index (κ3) is 9.25. The van der Waals surface area contributed by atoms with Crippen LogP contribution in [-0.4, -0.2) is 19.6 Å². The molecule has 4 heteroatoms. The average molecular weight is 923 g/mol. The number of aromatic hydroxyl groups is 1. The predicted molar refractivity (Wildman–Crippen MR) is 297 cm³/mol. The Morgan fingerprint density at radius 3 is 1.79 bits per heavy atom. The number of hydrogen-bond acceptors (Lipinski definition) is 3. The maximum atomic E-state index is 12.2. The van der Waals surface area contributed by atoms with Crippen molar-refractivity contribution in [2.24, 2.45) is 0 Å². The number of imidazole rings is 1. The molecule has 0 spiro atoms. The van der Waals surface area contributed by atoms with Crippen molar-refractivity contribution in [2.45, 2.75) is 119 Å². The van der Waals surface area contributed by atoms with Crippen LogP contribution in [0, 0.1) is 13.8 Å². The van der Waals surface area contributed by atoms with Gasteiger partial charge in [0.1, 0.15) is 11.6 Å². The molecule has 4 nitrogen and oxygen atoms in total. The van der Waals surface area contributed by atoms with E-state index in [1.807, 2.05) is 72.3 Å². The lowest BCUT2D eigenvalue weighted by molar-refractivity contribution is 0.471. The fourth-order valence-electron chi connectivity index (χ4n) is 9.67. The minimum absolute atomic E-state index is 0.0510. The van der Waals surface area contributed by atoms with Gasteiger partial charge in [-0.1, -0.05) is 186 Å². The van der Waals surface area contributed by atoms with Crippen LogP contribution in [0.2, 0.25) is 0 Å². The van der Waals surface area contributed by atoms with E-state index in [1.165, 1.54) is 5.56 Å². The second-order valence-electron chi connectivity index (χ2n) is 23.3. The molecule has 7 aromatic carbocycles. The number of fused-ring (bicyclic) bond motifs is 1. The quantitative estimate of drug-likeness (QED) is 0.173. The Kier molecular flexibility index (Phi) is 11.2. The van der Waals surface area contributed by atoms with E-state index >= 15 is 0 Å². The molecule has 1 N–H and O–H groups in total. The number of nitrogens with zero attached hydrogens (tertiary/aromatic N) is 3. The summed E-state index contributed by atoms with van der Waals surface area (Å²) in [6.45, 7) is 25.8. The molecule has 0 fully saturated rings. The molecule has 0 saturated carbocycles. The van der Waals surface area contributed by atoms with Crippen LogP contribution in [0.25, 0.3) is 83.9 Å². The lowest BCUT2D eigenvalue weighted by Crippen LogP contribution is -2.13. The summed E-state index contributed by atoms with van der Waals surface area (Å²) < 4.78 is 29.7. The Morgan fingerprint density at radius 1 is 0.471 bits per heavy atom. The molecule has 0 aliphatic rings. The number of aryl methyl sites for hydroxylation is 2. The van der Waals surface area contributed by atoms with Crippen molar-refractivity contribution in [3.8, 4) is 78.6 Å². The molecule has 9 rings (SSSR count). The van der Waals surface area contributed by atoms with Crippen molar-refractivity contribution in [3.63, 3.8) is 0 Å². The van der Waals surface area contributed by atoms with Crippen LogP contribution in [0.4, 0.5) is 0 Å². The zero-order chi connectivity index (χ0) is 52.6. The van der Waals surface area contributed by atoms with E-state index in [-0.39, 0.29) is 33.0 Å². The number of phenolic OH excluding ortho intramolecular Hbond substituents is 1. The molecule has 354 valence electrons. The van der Waals surface area contributed by atoms with Crippen molar-refractivity contribution in [1.29, 1.82) is 0 Å². The highest BCUT2D eigenvalue weighted by Gasteiger charge is 2.27. The summed E-state index contributed by atoms with van der Waals surface area (Å²) in [4.78, 5) is 10.5. The van der Waals surface area contributed by atoms with E-state index in [9.17, 15) is 9.22 Å². The third-order valence-corrected chi connectivity index (χ3v) is 13.8. The summed E-state index contributed by atoms with van der Waals surface area (Å²) in [5.41, 5.74) is 16.9. The van der Waals surface area contributed by atoms with Crippen LogP contribution in [0.5, 0.6) is 5.75 Å². The van der Waals surface area contributed by atoms with E-state index in [4.69, 9.17) is 9.97 Å². The summed E-state index contributed by atoms with van der Waals surface area (Å²) >= 11 is 0. The number of rotatable bonds is 7. The number of aromatic nitrogens is 3. The molecule has 2 heterocycles. The Morgan fingerprint density at radius 2 is 1.11 bits per heavy atom. The van der Waals surface area contributed by atoms with Crippen molar-refractivity contribution in [2.75, 3.05) is 0 Å². The summed E-state index contributed by atoms with van der Waals surface area (Å²) in [5.74, 6) is 0.548. The molecule has 0 unspecified atom stereocenters. The predicted octanol–water partition coefficient (Wildman–Crippen LogP) is 17.9. The first-order valence-electron chi connectivity index (χ1n) is 26.1. The highest BCUT2D eigenvalue weighted by molar-refractivity contribution is 5.97. The van der Waals surface area contributed by atoms with Gasteiger partial charge < -0.3 is 5.11 Å². The van der Waals surface area contributed by atoms with E-state index in [2.05, 4.69) is 180 Å². The van der Waals surface area contributed by atoms with Gasteiger partial charge in [0.2, 0.25) is 0 Å². The smallest absolute Gasteiger partial charge is 0.149 e. The van der Waals surface area contributed by atoms with E-state index < -0.39 is 6.85 Å². The van der Waals surface area contributed by atoms with Crippen LogP contribution in [-0.2, 0) is 21.7 Å². The average Bonchev–Trinajstić information content (AvgIpc) is 3.72. The fourth-order valence-corrected chi connectivity index (χ4v) is 9.67. The number of hydrogen-bond donors (Lipinski definition) is 1. The minimum Gasteiger partial charge on any atom is -0.507 e. The summed E-state index contributed by atoms with van der Waals surface area (Å²) in [6, 6.07) is 52.4. The Balaban J connectivity index is 1.31. The van der Waals surface area contributed by atoms with Gasteiger partial charge >= 0.3 is 0 Å². The largest absolute Gasteiger partial charge is 0.507 e. The van der Waals surface area contributed by atoms with Crippen molar-refractivity contribution < 1.29 is 9.22 Å². The van der Waals surface area contributed by atoms with Gasteiger partial charge in [0.15, 0.2) is 0 Å². The third-order valence-electron chi connectivity index (χ3n) is 13.8. The first kappa shape index (κ1) is 44.2. The van der Waals surface area contributed by atoms with Crippen LogP contribution < -0.4 is 0 Å². The van der Waals surface area contributed by atoms with Gasteiger partial charge in [-0.25, -0.2) is 4.98 Å². The first-order valence-corrected chi connectivity index (χ1v) is 24.6. The van der Waals surface area contributed by atoms with Crippen molar-refractivity contribution in [1.82, 2.24) is 14.5 Å². The highest BCUT2D eigenvalue weighted by Crippen LogP contribution is 2.45. The molecule has 70 heavy (non-hydrogen) atoms. The molecule has 0 atom stereocenters. The second-order valence-corrected chi connectivity index (χ2v) is 23.3. The second kappa shape index (κ2) is 17.7. The lowest BCUT2D eigenvalue weighted by Gasteiger charge is -2.26. The molecule has 2 aromatic heterocycles. The maximum Gasteiger partial charge on any atom is 0.149 e. The Bertz CT molecular complexity index is 3540. The standard InChI is InChI=1S/C66H69N3O/c1-41-34-46(59-52(44-20-16-15-17-21-44)22-18-24-55(59)66(12,13)14)28-31-57(41)69-58-25-19-23-53(60(58)68-62(69)54-40-50(64(6,7)8)35-42(2)61(54)70)47-36-48(38-51(37-47)65(9,10)11)56-39-45(32-33-67-56)43-26-29-49(30-27-43)63(3,4)5/h15-40,70H,1-14H3/i1D3. The van der Waals surface area contributed by atoms with Gasteiger partial charge in [-0.2, -0.15) is 0 Å². The zero-order valence-electron chi connectivity index (χ0n) is 46.3. The Hall–Kier alpha value is -7.04. The lowest BCUT2D eigenvalue weighted by atomic mass is 9.78. The monoisotopic (exact) mass is 923 g/mol. The van der Waals surface area contributed by atoms with E-state index in [0.29, 0.717) is 33.7 Å². The van der Waals surface area contributed by atoms with E-state index in [0.717, 1.165) is 72.5 Å². The van der Waals surface area contributed by atoms with Gasteiger partial charge in [0.05, 0.1) is 28.0 Å². The van der Waals surface area contributed by atoms with Crippen molar-refractivity contribution >= 4 is 11.0 Å². The van der Waals surface area contributed by atoms with Crippen LogP contribution in [0.3, 0.4) is 0 Å². The molecule has 0 saturated heterocycles. The molecular formula is C66H69N3O. The molecule has 0 aliphatic heterocycles. The number of benzene rings is 7. The Labute approximate surface area is 421 Å². The number of pyridine rings is 1. The van der Waals surface area contributed by atoms with Crippen LogP contribution in [0.15, 0.2) is 158 Å². The van der Waals surface area contributed by atoms with Crippen LogP contribution in [0.1, 0.15) is 121 Å². The highest BCUT2D eigenvalue weighted by atomic mass is 16.3. The molecular weight excluding hydrogens is 851 g/mol. The van der Waals surface area contributed by atoms with E-state index in [1.54, 1.807) is 0 Å². The SMILES string of the molecule is [2H]C([2H])([2H])c1cc(-c2c(-c3ccccc3)cccc2C(C)(C)C)ccc1-n1c(-c2cc(C(C)(C)C)cc(C)c2O)nc2c(-c3cc(-c4cc(-c5ccc(C(C)(C)C)cc5)ccn4)cc(C(C)(C)C)c3)cccc21.